The summed E-state index contributed by atoms with van der Waals surface area (Å²) in [7, 11) is 0. The van der Waals surface area contributed by atoms with Crippen LogP contribution >= 0.6 is 11.5 Å². The average Bonchev–Trinajstić information content (AvgIpc) is 2.66. The monoisotopic (exact) mass is 209 g/mol. The maximum atomic E-state index is 9.65. The fourth-order valence-electron chi connectivity index (χ4n) is 1.43. The van der Waals surface area contributed by atoms with E-state index in [9.17, 15) is 10.2 Å². The highest BCUT2D eigenvalue weighted by Crippen LogP contribution is 2.18. The summed E-state index contributed by atoms with van der Waals surface area (Å²) in [5.41, 5.74) is 1.91. The number of aliphatic hydroxyl groups excluding tert-OH is 2. The molecule has 1 aromatic heterocycles. The molecule has 2 rings (SSSR count). The largest absolute Gasteiger partial charge is 0.386 e. The Morgan fingerprint density at radius 3 is 3.00 bits per heavy atom. The number of hydrogen-bond acceptors (Lipinski definition) is 4. The maximum absolute atomic E-state index is 9.65. The van der Waals surface area contributed by atoms with Crippen LogP contribution in [0, 0.1) is 0 Å². The minimum absolute atomic E-state index is 0.652. The van der Waals surface area contributed by atoms with Gasteiger partial charge in [-0.1, -0.05) is 18.2 Å². The first-order chi connectivity index (χ1) is 6.77. The number of allylic oxidation sites excluding steroid dienone is 2. The normalized spacial score (nSPS) is 26.3. The zero-order valence-corrected chi connectivity index (χ0v) is 8.31. The predicted octanol–water partition coefficient (Wildman–Crippen LogP) is 0.904. The van der Waals surface area contributed by atoms with E-state index in [1.807, 2.05) is 11.5 Å². The molecule has 0 saturated carbocycles. The van der Waals surface area contributed by atoms with Crippen molar-refractivity contribution in [2.45, 2.75) is 18.6 Å². The molecule has 0 spiro atoms. The Morgan fingerprint density at radius 2 is 2.29 bits per heavy atom. The standard InChI is InChI=1S/C10H11NO2S/c12-9-3-1-2-8(10(9)13)4-7-5-11-14-6-7/h1-3,5-6,9-10,12-13H,4H2/t9-,10+/m0/s1. The highest BCUT2D eigenvalue weighted by atomic mass is 32.1. The Bertz CT molecular complexity index is 356. The van der Waals surface area contributed by atoms with Crippen LogP contribution in [-0.2, 0) is 6.42 Å². The molecule has 0 unspecified atom stereocenters. The minimum Gasteiger partial charge on any atom is -0.386 e. The van der Waals surface area contributed by atoms with Crippen molar-refractivity contribution in [2.24, 2.45) is 0 Å². The van der Waals surface area contributed by atoms with Crippen LogP contribution in [0.1, 0.15) is 5.56 Å². The molecule has 0 saturated heterocycles. The SMILES string of the molecule is O[C@@H]1C(Cc2cnsc2)=CC=C[C@@H]1O. The third-order valence-corrected chi connectivity index (χ3v) is 2.85. The smallest absolute Gasteiger partial charge is 0.105 e. The molecule has 0 radical (unpaired) electrons. The van der Waals surface area contributed by atoms with Crippen LogP contribution in [0.5, 0.6) is 0 Å². The molecule has 1 aliphatic carbocycles. The van der Waals surface area contributed by atoms with Gasteiger partial charge >= 0.3 is 0 Å². The first-order valence-electron chi connectivity index (χ1n) is 4.39. The van der Waals surface area contributed by atoms with Crippen molar-refractivity contribution in [2.75, 3.05) is 0 Å². The van der Waals surface area contributed by atoms with Gasteiger partial charge in [0.15, 0.2) is 0 Å². The molecule has 1 aromatic rings. The number of nitrogens with zero attached hydrogens (tertiary/aromatic N) is 1. The average molecular weight is 209 g/mol. The second kappa shape index (κ2) is 4.04. The summed E-state index contributed by atoms with van der Waals surface area (Å²) in [5.74, 6) is 0. The third kappa shape index (κ3) is 1.92. The fourth-order valence-corrected chi connectivity index (χ4v) is 1.97. The van der Waals surface area contributed by atoms with Gasteiger partial charge in [-0.05, 0) is 29.1 Å². The van der Waals surface area contributed by atoms with Gasteiger partial charge in [0.1, 0.15) is 12.2 Å². The summed E-state index contributed by atoms with van der Waals surface area (Å²) in [6.45, 7) is 0. The van der Waals surface area contributed by atoms with E-state index in [1.54, 1.807) is 18.3 Å². The Morgan fingerprint density at radius 1 is 1.43 bits per heavy atom. The van der Waals surface area contributed by atoms with Crippen molar-refractivity contribution in [3.05, 3.63) is 40.9 Å². The Labute approximate surface area is 86.2 Å². The summed E-state index contributed by atoms with van der Waals surface area (Å²) in [6.07, 6.45) is 6.07. The second-order valence-corrected chi connectivity index (χ2v) is 3.93. The van der Waals surface area contributed by atoms with Crippen LogP contribution in [0.25, 0.3) is 0 Å². The molecular formula is C10H11NO2S. The lowest BCUT2D eigenvalue weighted by molar-refractivity contribution is 0.0700. The molecule has 1 aliphatic rings. The molecule has 0 amide bonds. The van der Waals surface area contributed by atoms with Crippen molar-refractivity contribution in [3.8, 4) is 0 Å². The van der Waals surface area contributed by atoms with E-state index >= 15 is 0 Å². The van der Waals surface area contributed by atoms with Gasteiger partial charge in [0.25, 0.3) is 0 Å². The van der Waals surface area contributed by atoms with E-state index < -0.39 is 12.2 Å². The number of aliphatic hydroxyl groups is 2. The Hall–Kier alpha value is -0.970. The van der Waals surface area contributed by atoms with E-state index in [0.717, 1.165) is 11.1 Å². The molecule has 2 atom stereocenters. The highest BCUT2D eigenvalue weighted by molar-refractivity contribution is 7.03. The summed E-state index contributed by atoms with van der Waals surface area (Å²) >= 11 is 1.39. The fraction of sp³-hybridized carbons (Fsp3) is 0.300. The quantitative estimate of drug-likeness (QED) is 0.761. The van der Waals surface area contributed by atoms with Crippen molar-refractivity contribution in [1.29, 1.82) is 0 Å². The van der Waals surface area contributed by atoms with Crippen LogP contribution in [0.4, 0.5) is 0 Å². The molecular weight excluding hydrogens is 198 g/mol. The third-order valence-electron chi connectivity index (χ3n) is 2.21. The summed E-state index contributed by atoms with van der Waals surface area (Å²) < 4.78 is 3.98. The summed E-state index contributed by atoms with van der Waals surface area (Å²) in [4.78, 5) is 0. The zero-order valence-electron chi connectivity index (χ0n) is 7.50. The zero-order chi connectivity index (χ0) is 9.97. The number of hydrogen-bond donors (Lipinski definition) is 2. The van der Waals surface area contributed by atoms with Gasteiger partial charge in [0, 0.05) is 11.6 Å². The van der Waals surface area contributed by atoms with Gasteiger partial charge in [-0.15, -0.1) is 0 Å². The Kier molecular flexibility index (Phi) is 2.77. The van der Waals surface area contributed by atoms with Crippen molar-refractivity contribution < 1.29 is 10.2 Å². The predicted molar refractivity (Wildman–Crippen MR) is 55.1 cm³/mol. The molecule has 1 heterocycles. The lowest BCUT2D eigenvalue weighted by atomic mass is 9.95. The first-order valence-corrected chi connectivity index (χ1v) is 5.22. The number of rotatable bonds is 2. The van der Waals surface area contributed by atoms with Crippen LogP contribution in [-0.4, -0.2) is 26.8 Å². The second-order valence-electron chi connectivity index (χ2n) is 3.27. The van der Waals surface area contributed by atoms with Gasteiger partial charge in [-0.2, -0.15) is 0 Å². The highest BCUT2D eigenvalue weighted by Gasteiger charge is 2.20. The minimum atomic E-state index is -0.778. The van der Waals surface area contributed by atoms with E-state index in [1.165, 1.54) is 11.5 Å². The molecule has 0 fully saturated rings. The van der Waals surface area contributed by atoms with Gasteiger partial charge in [0.2, 0.25) is 0 Å². The lowest BCUT2D eigenvalue weighted by Gasteiger charge is -2.20. The maximum Gasteiger partial charge on any atom is 0.105 e. The van der Waals surface area contributed by atoms with Crippen LogP contribution < -0.4 is 0 Å². The van der Waals surface area contributed by atoms with Crippen molar-refractivity contribution in [3.63, 3.8) is 0 Å². The van der Waals surface area contributed by atoms with Crippen LogP contribution in [0.15, 0.2) is 35.4 Å². The van der Waals surface area contributed by atoms with Gasteiger partial charge in [0.05, 0.1) is 0 Å². The van der Waals surface area contributed by atoms with Gasteiger partial charge in [-0.25, -0.2) is 4.37 Å². The molecule has 2 N–H and O–H groups in total. The first kappa shape index (κ1) is 9.58. The van der Waals surface area contributed by atoms with Crippen molar-refractivity contribution in [1.82, 2.24) is 4.37 Å². The molecule has 4 heteroatoms. The molecule has 3 nitrogen and oxygen atoms in total. The van der Waals surface area contributed by atoms with E-state index in [2.05, 4.69) is 4.37 Å². The van der Waals surface area contributed by atoms with E-state index in [-0.39, 0.29) is 0 Å². The van der Waals surface area contributed by atoms with Gasteiger partial charge in [-0.3, -0.25) is 0 Å². The molecule has 14 heavy (non-hydrogen) atoms. The van der Waals surface area contributed by atoms with E-state index in [4.69, 9.17) is 0 Å². The summed E-state index contributed by atoms with van der Waals surface area (Å²) in [5, 5.41) is 21.0. The number of aromatic nitrogens is 1. The van der Waals surface area contributed by atoms with Crippen LogP contribution in [0.2, 0.25) is 0 Å². The Balaban J connectivity index is 2.11. The molecule has 74 valence electrons. The lowest BCUT2D eigenvalue weighted by Crippen LogP contribution is -2.28. The molecule has 0 aliphatic heterocycles. The van der Waals surface area contributed by atoms with Crippen molar-refractivity contribution >= 4 is 11.5 Å². The molecule has 0 aromatic carbocycles. The molecule has 0 bridgehead atoms. The summed E-state index contributed by atoms with van der Waals surface area (Å²) in [6, 6.07) is 0. The van der Waals surface area contributed by atoms with Gasteiger partial charge < -0.3 is 10.2 Å². The van der Waals surface area contributed by atoms with Crippen LogP contribution in [0.3, 0.4) is 0 Å². The topological polar surface area (TPSA) is 53.4 Å². The van der Waals surface area contributed by atoms with E-state index in [0.29, 0.717) is 6.42 Å².